The minimum absolute atomic E-state index is 0.0407. The van der Waals surface area contributed by atoms with E-state index in [0.717, 1.165) is 11.3 Å². The Morgan fingerprint density at radius 3 is 2.53 bits per heavy atom. The van der Waals surface area contributed by atoms with Crippen molar-refractivity contribution in [1.29, 1.82) is 0 Å². The van der Waals surface area contributed by atoms with Crippen LogP contribution in [0.15, 0.2) is 12.1 Å². The van der Waals surface area contributed by atoms with Gasteiger partial charge in [0.2, 0.25) is 5.91 Å². The molecule has 1 amide bonds. The molecular formula is C14H22ClNO2S. The molecule has 2 unspecified atom stereocenters. The highest BCUT2D eigenvalue weighted by Crippen LogP contribution is 2.28. The third-order valence-corrected chi connectivity index (χ3v) is 4.25. The Balaban J connectivity index is 2.62. The number of amides is 1. The van der Waals surface area contributed by atoms with E-state index in [0.29, 0.717) is 4.34 Å². The average Bonchev–Trinajstić information content (AvgIpc) is 2.72. The van der Waals surface area contributed by atoms with Crippen LogP contribution in [-0.2, 0) is 4.79 Å². The van der Waals surface area contributed by atoms with E-state index >= 15 is 0 Å². The smallest absolute Gasteiger partial charge is 0.228 e. The third kappa shape index (κ3) is 5.51. The Kier molecular flexibility index (Phi) is 5.83. The Morgan fingerprint density at radius 1 is 1.47 bits per heavy atom. The van der Waals surface area contributed by atoms with Crippen molar-refractivity contribution in [3.8, 4) is 0 Å². The fraction of sp³-hybridized carbons (Fsp3) is 0.643. The normalized spacial score (nSPS) is 15.1. The van der Waals surface area contributed by atoms with Gasteiger partial charge >= 0.3 is 0 Å². The van der Waals surface area contributed by atoms with E-state index in [1.54, 1.807) is 6.07 Å². The molecule has 1 rings (SSSR count). The van der Waals surface area contributed by atoms with E-state index in [9.17, 15) is 9.90 Å². The molecule has 1 heterocycles. The number of hydrogen-bond acceptors (Lipinski definition) is 3. The summed E-state index contributed by atoms with van der Waals surface area (Å²) in [5.74, 6) is -0.312. The van der Waals surface area contributed by atoms with Crippen molar-refractivity contribution < 1.29 is 9.90 Å². The number of carbonyl (C=O) groups excluding carboxylic acids is 1. The second kappa shape index (κ2) is 6.73. The standard InChI is InChI=1S/C14H22ClNO2S/c1-9(11-5-6-12(15)19-11)13(18)16-10(8-17)7-14(2,3)4/h5-6,9-10,17H,7-8H2,1-4H3,(H,16,18). The van der Waals surface area contributed by atoms with Gasteiger partial charge < -0.3 is 10.4 Å². The quantitative estimate of drug-likeness (QED) is 0.875. The summed E-state index contributed by atoms with van der Waals surface area (Å²) >= 11 is 7.29. The number of halogens is 1. The Labute approximate surface area is 124 Å². The number of nitrogens with one attached hydrogen (secondary N) is 1. The Bertz CT molecular complexity index is 425. The van der Waals surface area contributed by atoms with Gasteiger partial charge in [-0.3, -0.25) is 4.79 Å². The molecule has 2 atom stereocenters. The molecule has 0 saturated heterocycles. The fourth-order valence-electron chi connectivity index (χ4n) is 1.92. The summed E-state index contributed by atoms with van der Waals surface area (Å²) in [4.78, 5) is 13.1. The summed E-state index contributed by atoms with van der Waals surface area (Å²) in [5, 5.41) is 12.3. The van der Waals surface area contributed by atoms with E-state index in [1.165, 1.54) is 11.3 Å². The zero-order valence-corrected chi connectivity index (χ0v) is 13.4. The van der Waals surface area contributed by atoms with Gasteiger partial charge in [-0.05, 0) is 30.9 Å². The van der Waals surface area contributed by atoms with Crippen LogP contribution in [0.5, 0.6) is 0 Å². The zero-order chi connectivity index (χ0) is 14.6. The number of hydrogen-bond donors (Lipinski definition) is 2. The molecule has 3 nitrogen and oxygen atoms in total. The highest BCUT2D eigenvalue weighted by atomic mass is 35.5. The number of aliphatic hydroxyl groups is 1. The monoisotopic (exact) mass is 303 g/mol. The summed E-state index contributed by atoms with van der Waals surface area (Å²) in [6.45, 7) is 8.07. The zero-order valence-electron chi connectivity index (χ0n) is 11.9. The third-order valence-electron chi connectivity index (χ3n) is 2.84. The van der Waals surface area contributed by atoms with Crippen LogP contribution < -0.4 is 5.32 Å². The first kappa shape index (κ1) is 16.5. The van der Waals surface area contributed by atoms with Crippen molar-refractivity contribution in [3.63, 3.8) is 0 Å². The molecule has 0 bridgehead atoms. The van der Waals surface area contributed by atoms with Crippen LogP contribution in [-0.4, -0.2) is 23.7 Å². The minimum Gasteiger partial charge on any atom is -0.394 e. The van der Waals surface area contributed by atoms with Gasteiger partial charge in [0, 0.05) is 4.88 Å². The Hall–Kier alpha value is -0.580. The highest BCUT2D eigenvalue weighted by molar-refractivity contribution is 7.16. The van der Waals surface area contributed by atoms with E-state index in [-0.39, 0.29) is 29.9 Å². The largest absolute Gasteiger partial charge is 0.394 e. The van der Waals surface area contributed by atoms with E-state index < -0.39 is 0 Å². The highest BCUT2D eigenvalue weighted by Gasteiger charge is 2.23. The first-order valence-electron chi connectivity index (χ1n) is 6.39. The number of carbonyl (C=O) groups is 1. The van der Waals surface area contributed by atoms with Gasteiger partial charge in [-0.25, -0.2) is 0 Å². The first-order valence-corrected chi connectivity index (χ1v) is 7.59. The van der Waals surface area contributed by atoms with Gasteiger partial charge in [0.15, 0.2) is 0 Å². The predicted molar refractivity (Wildman–Crippen MR) is 80.8 cm³/mol. The fourth-order valence-corrected chi connectivity index (χ4v) is 3.03. The molecule has 0 fully saturated rings. The molecular weight excluding hydrogens is 282 g/mol. The van der Waals surface area contributed by atoms with Crippen LogP contribution in [0.2, 0.25) is 4.34 Å². The molecule has 1 aromatic rings. The lowest BCUT2D eigenvalue weighted by molar-refractivity contribution is -0.123. The topological polar surface area (TPSA) is 49.3 Å². The van der Waals surface area contributed by atoms with Gasteiger partial charge in [0.05, 0.1) is 22.9 Å². The average molecular weight is 304 g/mol. The molecule has 0 radical (unpaired) electrons. The van der Waals surface area contributed by atoms with Gasteiger partial charge in [-0.15, -0.1) is 11.3 Å². The molecule has 0 aliphatic heterocycles. The van der Waals surface area contributed by atoms with Crippen molar-refractivity contribution in [2.24, 2.45) is 5.41 Å². The summed E-state index contributed by atoms with van der Waals surface area (Å²) < 4.78 is 0.683. The maximum Gasteiger partial charge on any atom is 0.228 e. The molecule has 0 saturated carbocycles. The van der Waals surface area contributed by atoms with Crippen molar-refractivity contribution in [2.75, 3.05) is 6.61 Å². The van der Waals surface area contributed by atoms with Gasteiger partial charge in [-0.1, -0.05) is 32.4 Å². The SMILES string of the molecule is CC(C(=O)NC(CO)CC(C)(C)C)c1ccc(Cl)s1. The molecule has 5 heteroatoms. The lowest BCUT2D eigenvalue weighted by Crippen LogP contribution is -2.41. The first-order chi connectivity index (χ1) is 8.73. The van der Waals surface area contributed by atoms with Crippen molar-refractivity contribution in [3.05, 3.63) is 21.3 Å². The predicted octanol–water partition coefficient (Wildman–Crippen LogP) is 3.42. The number of aliphatic hydroxyl groups excluding tert-OH is 1. The Morgan fingerprint density at radius 2 is 2.11 bits per heavy atom. The lowest BCUT2D eigenvalue weighted by Gasteiger charge is -2.26. The van der Waals surface area contributed by atoms with Crippen LogP contribution in [0.25, 0.3) is 0 Å². The van der Waals surface area contributed by atoms with E-state index in [2.05, 4.69) is 26.1 Å². The summed E-state index contributed by atoms with van der Waals surface area (Å²) in [6.07, 6.45) is 0.743. The van der Waals surface area contributed by atoms with Crippen LogP contribution >= 0.6 is 22.9 Å². The minimum atomic E-state index is -0.244. The second-order valence-corrected chi connectivity index (χ2v) is 7.76. The van der Waals surface area contributed by atoms with Crippen LogP contribution in [0.1, 0.15) is 44.9 Å². The maximum atomic E-state index is 12.1. The molecule has 19 heavy (non-hydrogen) atoms. The van der Waals surface area contributed by atoms with Crippen LogP contribution in [0.3, 0.4) is 0 Å². The van der Waals surface area contributed by atoms with Crippen molar-refractivity contribution >= 4 is 28.8 Å². The lowest BCUT2D eigenvalue weighted by atomic mass is 9.88. The second-order valence-electron chi connectivity index (χ2n) is 6.02. The number of thiophene rings is 1. The van der Waals surface area contributed by atoms with Gasteiger partial charge in [0.25, 0.3) is 0 Å². The van der Waals surface area contributed by atoms with E-state index in [4.69, 9.17) is 11.6 Å². The summed E-state index contributed by atoms with van der Waals surface area (Å²) in [5.41, 5.74) is 0.0656. The molecule has 0 aromatic carbocycles. The molecule has 108 valence electrons. The summed E-state index contributed by atoms with van der Waals surface area (Å²) in [7, 11) is 0. The number of rotatable bonds is 5. The van der Waals surface area contributed by atoms with Gasteiger partial charge in [0.1, 0.15) is 0 Å². The maximum absolute atomic E-state index is 12.1. The van der Waals surface area contributed by atoms with E-state index in [1.807, 2.05) is 13.0 Å². The molecule has 2 N–H and O–H groups in total. The molecule has 0 aliphatic carbocycles. The molecule has 0 spiro atoms. The van der Waals surface area contributed by atoms with Gasteiger partial charge in [-0.2, -0.15) is 0 Å². The van der Waals surface area contributed by atoms with Crippen LogP contribution in [0, 0.1) is 5.41 Å². The van der Waals surface area contributed by atoms with Crippen molar-refractivity contribution in [1.82, 2.24) is 5.32 Å². The molecule has 1 aromatic heterocycles. The molecule has 0 aliphatic rings. The van der Waals surface area contributed by atoms with Crippen molar-refractivity contribution in [2.45, 2.75) is 46.1 Å². The van der Waals surface area contributed by atoms with Crippen LogP contribution in [0.4, 0.5) is 0 Å². The summed E-state index contributed by atoms with van der Waals surface area (Å²) in [6, 6.07) is 3.46.